The maximum absolute atomic E-state index is 13.1. The summed E-state index contributed by atoms with van der Waals surface area (Å²) < 4.78 is 0. The molecule has 0 radical (unpaired) electrons. The topological polar surface area (TPSA) is 139 Å². The molecule has 4 amide bonds. The summed E-state index contributed by atoms with van der Waals surface area (Å²) in [7, 11) is 0. The van der Waals surface area contributed by atoms with Crippen molar-refractivity contribution < 1.29 is 29.1 Å². The van der Waals surface area contributed by atoms with Gasteiger partial charge in [-0.15, -0.1) is 0 Å². The molecule has 0 aliphatic carbocycles. The van der Waals surface area contributed by atoms with Gasteiger partial charge in [-0.3, -0.25) is 28.9 Å². The molecule has 168 valence electrons. The van der Waals surface area contributed by atoms with Crippen molar-refractivity contribution in [2.24, 2.45) is 0 Å². The predicted molar refractivity (Wildman–Crippen MR) is 106 cm³/mol. The van der Waals surface area contributed by atoms with Gasteiger partial charge in [0.25, 0.3) is 0 Å². The number of hydrogen-bond donors (Lipinski definition) is 3. The average Bonchev–Trinajstić information content (AvgIpc) is 3.18. The molecule has 0 aromatic heterocycles. The van der Waals surface area contributed by atoms with Gasteiger partial charge < -0.3 is 25.5 Å². The zero-order valence-corrected chi connectivity index (χ0v) is 17.6. The summed E-state index contributed by atoms with van der Waals surface area (Å²) in [6.07, 6.45) is 1.48. The van der Waals surface area contributed by atoms with Crippen molar-refractivity contribution in [2.75, 3.05) is 45.8 Å². The first-order valence-electron chi connectivity index (χ1n) is 10.2. The predicted octanol–water partition coefficient (Wildman–Crippen LogP) is -1.76. The number of nitrogens with zero attached hydrogens (tertiary/aromatic N) is 3. The average molecular weight is 425 g/mol. The van der Waals surface area contributed by atoms with E-state index in [1.165, 1.54) is 11.8 Å². The Balaban J connectivity index is 1.95. The van der Waals surface area contributed by atoms with Crippen LogP contribution in [-0.4, -0.2) is 107 Å². The monoisotopic (exact) mass is 425 g/mol. The lowest BCUT2D eigenvalue weighted by atomic mass is 10.1. The molecule has 0 saturated carbocycles. The molecular weight excluding hydrogens is 394 g/mol. The number of nitrogens with one attached hydrogen (secondary N) is 2. The Bertz CT molecular complexity index is 676. The van der Waals surface area contributed by atoms with E-state index in [2.05, 4.69) is 15.5 Å². The van der Waals surface area contributed by atoms with Gasteiger partial charge in [0.1, 0.15) is 18.6 Å². The van der Waals surface area contributed by atoms with Gasteiger partial charge in [0.2, 0.25) is 23.6 Å². The molecule has 2 rings (SSSR count). The Labute approximate surface area is 175 Å². The highest BCUT2D eigenvalue weighted by Crippen LogP contribution is 2.19. The number of hydrogen-bond acceptors (Lipinski definition) is 6. The summed E-state index contributed by atoms with van der Waals surface area (Å²) in [6.45, 7) is 6.00. The van der Waals surface area contributed by atoms with Crippen LogP contribution in [0.25, 0.3) is 0 Å². The summed E-state index contributed by atoms with van der Waals surface area (Å²) in [5.74, 6) is -2.27. The van der Waals surface area contributed by atoms with E-state index in [1.807, 2.05) is 0 Å². The highest BCUT2D eigenvalue weighted by molar-refractivity contribution is 5.93. The number of carboxylic acids is 1. The molecule has 3 N–H and O–H groups in total. The Hall–Kier alpha value is -2.69. The Morgan fingerprint density at radius 2 is 1.70 bits per heavy atom. The summed E-state index contributed by atoms with van der Waals surface area (Å²) >= 11 is 0. The third-order valence-electron chi connectivity index (χ3n) is 5.48. The maximum Gasteiger partial charge on any atom is 0.322 e. The number of rotatable bonds is 8. The van der Waals surface area contributed by atoms with Crippen LogP contribution < -0.4 is 10.6 Å². The van der Waals surface area contributed by atoms with Crippen LogP contribution in [0.4, 0.5) is 0 Å². The number of likely N-dealkylation sites (tertiary alicyclic amines) is 1. The summed E-state index contributed by atoms with van der Waals surface area (Å²) in [5.41, 5.74) is 0. The molecular formula is C19H31N5O6. The summed E-state index contributed by atoms with van der Waals surface area (Å²) in [4.78, 5) is 64.5. The molecule has 2 fully saturated rings. The molecule has 2 atom stereocenters. The van der Waals surface area contributed by atoms with E-state index in [4.69, 9.17) is 5.11 Å². The molecule has 2 aliphatic heterocycles. The second kappa shape index (κ2) is 10.9. The van der Waals surface area contributed by atoms with Gasteiger partial charge in [0, 0.05) is 53.1 Å². The fourth-order valence-electron chi connectivity index (χ4n) is 3.88. The molecule has 0 spiro atoms. The number of piperazine rings is 1. The lowest BCUT2D eigenvalue weighted by Gasteiger charge is -2.35. The van der Waals surface area contributed by atoms with Gasteiger partial charge in [-0.2, -0.15) is 0 Å². The first-order chi connectivity index (χ1) is 14.2. The van der Waals surface area contributed by atoms with E-state index < -0.39 is 30.5 Å². The molecule has 2 saturated heterocycles. The molecule has 2 heterocycles. The molecule has 11 heteroatoms. The smallest absolute Gasteiger partial charge is 0.322 e. The van der Waals surface area contributed by atoms with Crippen molar-refractivity contribution >= 4 is 29.6 Å². The van der Waals surface area contributed by atoms with Crippen LogP contribution >= 0.6 is 0 Å². The molecule has 2 aliphatic rings. The van der Waals surface area contributed by atoms with Crippen molar-refractivity contribution in [2.45, 2.75) is 45.2 Å². The molecule has 0 bridgehead atoms. The highest BCUT2D eigenvalue weighted by atomic mass is 16.4. The van der Waals surface area contributed by atoms with Gasteiger partial charge in [-0.05, 0) is 19.3 Å². The van der Waals surface area contributed by atoms with E-state index in [-0.39, 0.29) is 17.7 Å². The van der Waals surface area contributed by atoms with Crippen molar-refractivity contribution in [1.82, 2.24) is 25.3 Å². The van der Waals surface area contributed by atoms with Crippen molar-refractivity contribution in [3.8, 4) is 0 Å². The normalized spacial score (nSPS) is 20.5. The van der Waals surface area contributed by atoms with Gasteiger partial charge in [0.05, 0.1) is 0 Å². The van der Waals surface area contributed by atoms with Crippen LogP contribution in [0.1, 0.15) is 33.1 Å². The molecule has 0 unspecified atom stereocenters. The number of amides is 4. The van der Waals surface area contributed by atoms with Crippen LogP contribution in [-0.2, 0) is 24.0 Å². The Morgan fingerprint density at radius 1 is 1.03 bits per heavy atom. The van der Waals surface area contributed by atoms with E-state index in [1.54, 1.807) is 11.8 Å². The maximum atomic E-state index is 13.1. The van der Waals surface area contributed by atoms with Crippen LogP contribution in [0.15, 0.2) is 0 Å². The van der Waals surface area contributed by atoms with E-state index in [0.29, 0.717) is 58.5 Å². The highest BCUT2D eigenvalue weighted by Gasteiger charge is 2.37. The number of carbonyl (C=O) groups excluding carboxylic acids is 4. The fourth-order valence-corrected chi connectivity index (χ4v) is 3.88. The lowest BCUT2D eigenvalue weighted by Crippen LogP contribution is -2.55. The third kappa shape index (κ3) is 6.68. The third-order valence-corrected chi connectivity index (χ3v) is 5.48. The molecule has 30 heavy (non-hydrogen) atoms. The van der Waals surface area contributed by atoms with Gasteiger partial charge in [-0.1, -0.05) is 0 Å². The van der Waals surface area contributed by atoms with Crippen molar-refractivity contribution in [3.05, 3.63) is 0 Å². The standard InChI is InChI=1S/C19H31N5O6/c1-13(25)21-15(5-7-22-8-10-23(11-9-22)14(2)26)19(30)24-6-3-4-16(24)18(29)20-12-17(27)28/h15-16H,3-12H2,1-2H3,(H,20,29)(H,21,25)(H,27,28)/t15-,16-/m0/s1. The van der Waals surface area contributed by atoms with Crippen LogP contribution in [0.3, 0.4) is 0 Å². The minimum absolute atomic E-state index is 0.0437. The van der Waals surface area contributed by atoms with Gasteiger partial charge in [0.15, 0.2) is 0 Å². The van der Waals surface area contributed by atoms with E-state index in [9.17, 15) is 24.0 Å². The van der Waals surface area contributed by atoms with Crippen LogP contribution in [0.5, 0.6) is 0 Å². The van der Waals surface area contributed by atoms with Gasteiger partial charge >= 0.3 is 5.97 Å². The summed E-state index contributed by atoms with van der Waals surface area (Å²) in [5, 5.41) is 13.8. The molecule has 11 nitrogen and oxygen atoms in total. The fraction of sp³-hybridized carbons (Fsp3) is 0.737. The minimum atomic E-state index is -1.15. The lowest BCUT2D eigenvalue weighted by molar-refractivity contribution is -0.142. The Kier molecular flexibility index (Phi) is 8.58. The second-order valence-electron chi connectivity index (χ2n) is 7.69. The zero-order chi connectivity index (χ0) is 22.3. The molecule has 0 aromatic rings. The number of carboxylic acid groups (broad SMARTS) is 1. The van der Waals surface area contributed by atoms with Crippen molar-refractivity contribution in [1.29, 1.82) is 0 Å². The van der Waals surface area contributed by atoms with E-state index >= 15 is 0 Å². The SMILES string of the molecule is CC(=O)N[C@@H](CCN1CCN(C(C)=O)CC1)C(=O)N1CCC[C@H]1C(=O)NCC(=O)O. The van der Waals surface area contributed by atoms with Crippen LogP contribution in [0.2, 0.25) is 0 Å². The number of aliphatic carboxylic acids is 1. The first-order valence-corrected chi connectivity index (χ1v) is 10.2. The quantitative estimate of drug-likeness (QED) is 0.418. The number of carbonyl (C=O) groups is 5. The molecule has 0 aromatic carbocycles. The first kappa shape index (κ1) is 23.6. The van der Waals surface area contributed by atoms with E-state index in [0.717, 1.165) is 0 Å². The van der Waals surface area contributed by atoms with Crippen molar-refractivity contribution in [3.63, 3.8) is 0 Å². The Morgan fingerprint density at radius 3 is 2.27 bits per heavy atom. The van der Waals surface area contributed by atoms with Crippen LogP contribution in [0, 0.1) is 0 Å². The minimum Gasteiger partial charge on any atom is -0.480 e. The summed E-state index contributed by atoms with van der Waals surface area (Å²) in [6, 6.07) is -1.49. The largest absolute Gasteiger partial charge is 0.480 e. The van der Waals surface area contributed by atoms with Gasteiger partial charge in [-0.25, -0.2) is 0 Å². The zero-order valence-electron chi connectivity index (χ0n) is 17.6. The second-order valence-corrected chi connectivity index (χ2v) is 7.69.